The van der Waals surface area contributed by atoms with E-state index in [4.69, 9.17) is 4.42 Å². The van der Waals surface area contributed by atoms with Gasteiger partial charge < -0.3 is 9.73 Å². The number of amides is 1. The highest BCUT2D eigenvalue weighted by Crippen LogP contribution is 2.28. The van der Waals surface area contributed by atoms with Gasteiger partial charge in [-0.25, -0.2) is 8.42 Å². The average Bonchev–Trinajstić information content (AvgIpc) is 3.22. The zero-order valence-electron chi connectivity index (χ0n) is 14.7. The van der Waals surface area contributed by atoms with Gasteiger partial charge in [0.25, 0.3) is 0 Å². The Bertz CT molecular complexity index is 952. The van der Waals surface area contributed by atoms with Gasteiger partial charge in [0, 0.05) is 13.0 Å². The first-order valence-electron chi connectivity index (χ1n) is 8.70. The number of carbonyl (C=O) groups is 1. The van der Waals surface area contributed by atoms with Crippen LogP contribution in [0.4, 0.5) is 0 Å². The zero-order chi connectivity index (χ0) is 19.1. The van der Waals surface area contributed by atoms with Crippen LogP contribution in [0.5, 0.6) is 0 Å². The topological polar surface area (TPSA) is 76.4 Å². The SMILES string of the molecule is O=C(CCc1ccccc1)NCC(c1ccco1)S(=O)(=O)c1ccccc1. The van der Waals surface area contributed by atoms with Crippen LogP contribution in [0.3, 0.4) is 0 Å². The monoisotopic (exact) mass is 383 g/mol. The van der Waals surface area contributed by atoms with Crippen LogP contribution in [-0.2, 0) is 21.1 Å². The van der Waals surface area contributed by atoms with Gasteiger partial charge in [0.05, 0.1) is 11.2 Å². The molecule has 1 heterocycles. The van der Waals surface area contributed by atoms with E-state index in [9.17, 15) is 13.2 Å². The Kier molecular flexibility index (Phi) is 6.08. The number of benzene rings is 2. The van der Waals surface area contributed by atoms with Gasteiger partial charge in [0.1, 0.15) is 11.0 Å². The fraction of sp³-hybridized carbons (Fsp3) is 0.190. The molecule has 0 aliphatic heterocycles. The van der Waals surface area contributed by atoms with Crippen molar-refractivity contribution < 1.29 is 17.6 Å². The van der Waals surface area contributed by atoms with Crippen molar-refractivity contribution in [1.29, 1.82) is 0 Å². The molecular formula is C21H21NO4S. The summed E-state index contributed by atoms with van der Waals surface area (Å²) < 4.78 is 31.4. The molecule has 0 aliphatic carbocycles. The van der Waals surface area contributed by atoms with Crippen LogP contribution in [0, 0.1) is 0 Å². The van der Waals surface area contributed by atoms with Gasteiger partial charge in [-0.3, -0.25) is 4.79 Å². The molecule has 1 atom stereocenters. The third kappa shape index (κ3) is 4.86. The molecule has 1 unspecified atom stereocenters. The molecule has 0 fully saturated rings. The molecule has 2 aromatic carbocycles. The molecule has 27 heavy (non-hydrogen) atoms. The van der Waals surface area contributed by atoms with Crippen molar-refractivity contribution in [2.45, 2.75) is 23.0 Å². The molecule has 6 heteroatoms. The van der Waals surface area contributed by atoms with Crippen LogP contribution in [0.2, 0.25) is 0 Å². The van der Waals surface area contributed by atoms with Crippen LogP contribution in [0.25, 0.3) is 0 Å². The van der Waals surface area contributed by atoms with E-state index >= 15 is 0 Å². The zero-order valence-corrected chi connectivity index (χ0v) is 15.6. The highest BCUT2D eigenvalue weighted by Gasteiger charge is 2.31. The Morgan fingerprint density at radius 3 is 2.22 bits per heavy atom. The fourth-order valence-electron chi connectivity index (χ4n) is 2.81. The Morgan fingerprint density at radius 1 is 0.926 bits per heavy atom. The standard InChI is InChI=1S/C21H21NO4S/c23-21(14-13-17-8-3-1-4-9-17)22-16-20(19-12-7-15-26-19)27(24,25)18-10-5-2-6-11-18/h1-12,15,20H,13-14,16H2,(H,22,23). The highest BCUT2D eigenvalue weighted by molar-refractivity contribution is 7.91. The summed E-state index contributed by atoms with van der Waals surface area (Å²) in [6.45, 7) is -0.0433. The van der Waals surface area contributed by atoms with E-state index in [2.05, 4.69) is 5.32 Å². The van der Waals surface area contributed by atoms with Gasteiger partial charge in [0.15, 0.2) is 9.84 Å². The van der Waals surface area contributed by atoms with Crippen molar-refractivity contribution in [3.8, 4) is 0 Å². The molecule has 0 aliphatic rings. The lowest BCUT2D eigenvalue weighted by Crippen LogP contribution is -2.31. The Labute approximate surface area is 159 Å². The molecular weight excluding hydrogens is 362 g/mol. The van der Waals surface area contributed by atoms with Crippen LogP contribution in [0.1, 0.15) is 23.0 Å². The number of rotatable bonds is 8. The van der Waals surface area contributed by atoms with Crippen molar-refractivity contribution in [2.24, 2.45) is 0 Å². The summed E-state index contributed by atoms with van der Waals surface area (Å²) in [6, 6.07) is 21.1. The predicted octanol–water partition coefficient (Wildman–Crippen LogP) is 3.54. The number of hydrogen-bond donors (Lipinski definition) is 1. The number of furan rings is 1. The highest BCUT2D eigenvalue weighted by atomic mass is 32.2. The smallest absolute Gasteiger partial charge is 0.220 e. The first-order valence-corrected chi connectivity index (χ1v) is 10.2. The van der Waals surface area contributed by atoms with Crippen LogP contribution < -0.4 is 5.32 Å². The van der Waals surface area contributed by atoms with Crippen molar-refractivity contribution in [3.05, 3.63) is 90.4 Å². The molecule has 0 radical (unpaired) electrons. The van der Waals surface area contributed by atoms with Gasteiger partial charge >= 0.3 is 0 Å². The number of nitrogens with one attached hydrogen (secondary N) is 1. The van der Waals surface area contributed by atoms with E-state index in [0.717, 1.165) is 5.56 Å². The molecule has 0 bridgehead atoms. The second-order valence-electron chi connectivity index (χ2n) is 6.15. The molecule has 3 rings (SSSR count). The second kappa shape index (κ2) is 8.68. The van der Waals surface area contributed by atoms with Crippen LogP contribution >= 0.6 is 0 Å². The average molecular weight is 383 g/mol. The maximum atomic E-state index is 13.0. The third-order valence-corrected chi connectivity index (χ3v) is 6.35. The lowest BCUT2D eigenvalue weighted by atomic mass is 10.1. The quantitative estimate of drug-likeness (QED) is 0.645. The summed E-state index contributed by atoms with van der Waals surface area (Å²) in [7, 11) is -3.70. The first kappa shape index (κ1) is 18.9. The van der Waals surface area contributed by atoms with Crippen molar-refractivity contribution in [1.82, 2.24) is 5.32 Å². The minimum atomic E-state index is -3.70. The number of hydrogen-bond acceptors (Lipinski definition) is 4. The summed E-state index contributed by atoms with van der Waals surface area (Å²) in [5.74, 6) is 0.112. The predicted molar refractivity (Wildman–Crippen MR) is 103 cm³/mol. The Morgan fingerprint density at radius 2 is 1.59 bits per heavy atom. The molecule has 0 saturated heterocycles. The molecule has 5 nitrogen and oxygen atoms in total. The summed E-state index contributed by atoms with van der Waals surface area (Å²) in [5, 5.41) is 1.76. The Balaban J connectivity index is 1.69. The summed E-state index contributed by atoms with van der Waals surface area (Å²) in [6.07, 6.45) is 2.32. The summed E-state index contributed by atoms with van der Waals surface area (Å²) in [5.41, 5.74) is 1.06. The molecule has 1 N–H and O–H groups in total. The number of carbonyl (C=O) groups excluding carboxylic acids is 1. The lowest BCUT2D eigenvalue weighted by molar-refractivity contribution is -0.121. The van der Waals surface area contributed by atoms with Crippen LogP contribution in [0.15, 0.2) is 88.4 Å². The van der Waals surface area contributed by atoms with E-state index in [1.165, 1.54) is 6.26 Å². The van der Waals surface area contributed by atoms with Gasteiger partial charge in [-0.1, -0.05) is 48.5 Å². The summed E-state index contributed by atoms with van der Waals surface area (Å²) in [4.78, 5) is 12.4. The van der Waals surface area contributed by atoms with E-state index in [1.54, 1.807) is 42.5 Å². The van der Waals surface area contributed by atoms with E-state index < -0.39 is 15.1 Å². The number of aryl methyl sites for hydroxylation is 1. The largest absolute Gasteiger partial charge is 0.468 e. The van der Waals surface area contributed by atoms with Crippen molar-refractivity contribution in [2.75, 3.05) is 6.54 Å². The molecule has 1 aromatic heterocycles. The summed E-state index contributed by atoms with van der Waals surface area (Å²) >= 11 is 0. The molecule has 3 aromatic rings. The third-order valence-electron chi connectivity index (χ3n) is 4.28. The Hall–Kier alpha value is -2.86. The van der Waals surface area contributed by atoms with Crippen molar-refractivity contribution in [3.63, 3.8) is 0 Å². The maximum Gasteiger partial charge on any atom is 0.220 e. The lowest BCUT2D eigenvalue weighted by Gasteiger charge is -2.16. The molecule has 1 amide bonds. The second-order valence-corrected chi connectivity index (χ2v) is 8.28. The van der Waals surface area contributed by atoms with E-state index in [1.807, 2.05) is 30.3 Å². The van der Waals surface area contributed by atoms with Gasteiger partial charge in [-0.15, -0.1) is 0 Å². The fourth-order valence-corrected chi connectivity index (χ4v) is 4.42. The van der Waals surface area contributed by atoms with Gasteiger partial charge in [0.2, 0.25) is 5.91 Å². The molecule has 0 saturated carbocycles. The maximum absolute atomic E-state index is 13.0. The first-order chi connectivity index (χ1) is 13.1. The van der Waals surface area contributed by atoms with Crippen LogP contribution in [-0.4, -0.2) is 20.9 Å². The number of sulfone groups is 1. The minimum absolute atomic E-state index is 0.0433. The normalized spacial score (nSPS) is 12.4. The van der Waals surface area contributed by atoms with E-state index in [0.29, 0.717) is 18.6 Å². The minimum Gasteiger partial charge on any atom is -0.468 e. The molecule has 0 spiro atoms. The van der Waals surface area contributed by atoms with Gasteiger partial charge in [-0.2, -0.15) is 0 Å². The van der Waals surface area contributed by atoms with E-state index in [-0.39, 0.29) is 17.3 Å². The van der Waals surface area contributed by atoms with Crippen molar-refractivity contribution >= 4 is 15.7 Å². The molecule has 140 valence electrons. The van der Waals surface area contributed by atoms with Gasteiger partial charge in [-0.05, 0) is 36.2 Å².